The SMILES string of the molecule is COc1cc(N)c(Cl)cc1C(=O)NC(C)(C)CO. The predicted octanol–water partition coefficient (Wildman–Crippen LogP) is 1.43. The number of aliphatic hydroxyl groups excluding tert-OH is 1. The van der Waals surface area contributed by atoms with Gasteiger partial charge in [-0.2, -0.15) is 0 Å². The average molecular weight is 273 g/mol. The van der Waals surface area contributed by atoms with Gasteiger partial charge in [0.05, 0.1) is 35.5 Å². The molecule has 0 aliphatic heterocycles. The summed E-state index contributed by atoms with van der Waals surface area (Å²) in [4.78, 5) is 12.1. The Balaban J connectivity index is 3.09. The van der Waals surface area contributed by atoms with Crippen LogP contribution < -0.4 is 15.8 Å². The molecule has 0 heterocycles. The molecular weight excluding hydrogens is 256 g/mol. The van der Waals surface area contributed by atoms with Gasteiger partial charge in [-0.1, -0.05) is 11.6 Å². The van der Waals surface area contributed by atoms with E-state index >= 15 is 0 Å². The van der Waals surface area contributed by atoms with Gasteiger partial charge in [-0.25, -0.2) is 0 Å². The van der Waals surface area contributed by atoms with Crippen LogP contribution in [0.3, 0.4) is 0 Å². The molecule has 1 aromatic carbocycles. The molecule has 5 nitrogen and oxygen atoms in total. The van der Waals surface area contributed by atoms with Gasteiger partial charge in [0.1, 0.15) is 5.75 Å². The highest BCUT2D eigenvalue weighted by Crippen LogP contribution is 2.29. The maximum absolute atomic E-state index is 12.1. The molecule has 0 bridgehead atoms. The van der Waals surface area contributed by atoms with Crippen LogP contribution in [0.25, 0.3) is 0 Å². The second-order valence-corrected chi connectivity index (χ2v) is 4.98. The van der Waals surface area contributed by atoms with Crippen molar-refractivity contribution in [3.63, 3.8) is 0 Å². The molecule has 6 heteroatoms. The molecular formula is C12H17ClN2O3. The summed E-state index contributed by atoms with van der Waals surface area (Å²) >= 11 is 5.88. The Labute approximate surface area is 111 Å². The minimum atomic E-state index is -0.726. The van der Waals surface area contributed by atoms with Crippen molar-refractivity contribution in [2.24, 2.45) is 0 Å². The normalized spacial score (nSPS) is 11.2. The number of ether oxygens (including phenoxy) is 1. The molecule has 18 heavy (non-hydrogen) atoms. The van der Waals surface area contributed by atoms with E-state index in [0.29, 0.717) is 11.4 Å². The number of rotatable bonds is 4. The fraction of sp³-hybridized carbons (Fsp3) is 0.417. The lowest BCUT2D eigenvalue weighted by Gasteiger charge is -2.24. The summed E-state index contributed by atoms with van der Waals surface area (Å²) in [6, 6.07) is 2.93. The van der Waals surface area contributed by atoms with Crippen LogP contribution in [0.1, 0.15) is 24.2 Å². The van der Waals surface area contributed by atoms with Gasteiger partial charge in [0.25, 0.3) is 5.91 Å². The van der Waals surface area contributed by atoms with Crippen LogP contribution in [0.2, 0.25) is 5.02 Å². The van der Waals surface area contributed by atoms with Gasteiger partial charge in [0, 0.05) is 6.07 Å². The van der Waals surface area contributed by atoms with Gasteiger partial charge in [-0.05, 0) is 19.9 Å². The number of halogens is 1. The summed E-state index contributed by atoms with van der Waals surface area (Å²) in [7, 11) is 1.44. The highest BCUT2D eigenvalue weighted by Gasteiger charge is 2.22. The molecule has 0 unspecified atom stereocenters. The molecule has 4 N–H and O–H groups in total. The largest absolute Gasteiger partial charge is 0.496 e. The second kappa shape index (κ2) is 5.46. The summed E-state index contributed by atoms with van der Waals surface area (Å²) in [5.41, 5.74) is 5.52. The van der Waals surface area contributed by atoms with E-state index in [9.17, 15) is 4.79 Å². The molecule has 0 spiro atoms. The Kier molecular flexibility index (Phi) is 4.43. The summed E-state index contributed by atoms with van der Waals surface area (Å²) < 4.78 is 5.09. The fourth-order valence-corrected chi connectivity index (χ4v) is 1.49. The molecule has 0 aromatic heterocycles. The van der Waals surface area contributed by atoms with Crippen molar-refractivity contribution in [2.45, 2.75) is 19.4 Å². The summed E-state index contributed by atoms with van der Waals surface area (Å²) in [5, 5.41) is 12.1. The Morgan fingerprint density at radius 2 is 2.17 bits per heavy atom. The maximum atomic E-state index is 12.1. The lowest BCUT2D eigenvalue weighted by Crippen LogP contribution is -2.46. The van der Waals surface area contributed by atoms with Crippen LogP contribution in [-0.2, 0) is 0 Å². The molecule has 0 aliphatic carbocycles. The molecule has 0 saturated heterocycles. The molecule has 0 saturated carbocycles. The first-order chi connectivity index (χ1) is 8.30. The Hall–Kier alpha value is -1.46. The second-order valence-electron chi connectivity index (χ2n) is 4.57. The monoisotopic (exact) mass is 272 g/mol. The first kappa shape index (κ1) is 14.6. The Bertz CT molecular complexity index is 461. The zero-order valence-corrected chi connectivity index (χ0v) is 11.3. The van der Waals surface area contributed by atoms with E-state index in [4.69, 9.17) is 27.2 Å². The summed E-state index contributed by atoms with van der Waals surface area (Å²) in [6.07, 6.45) is 0. The van der Waals surface area contributed by atoms with Crippen LogP contribution in [0.5, 0.6) is 5.75 Å². The van der Waals surface area contributed by atoms with Gasteiger partial charge in [-0.3, -0.25) is 4.79 Å². The number of hydrogen-bond donors (Lipinski definition) is 3. The number of nitrogens with two attached hydrogens (primary N) is 1. The van der Waals surface area contributed by atoms with Crippen LogP contribution in [0, 0.1) is 0 Å². The van der Waals surface area contributed by atoms with E-state index < -0.39 is 5.54 Å². The van der Waals surface area contributed by atoms with E-state index in [1.807, 2.05) is 0 Å². The van der Waals surface area contributed by atoms with Crippen molar-refractivity contribution in [1.82, 2.24) is 5.32 Å². The third kappa shape index (κ3) is 3.27. The predicted molar refractivity (Wildman–Crippen MR) is 71.0 cm³/mol. The fourth-order valence-electron chi connectivity index (χ4n) is 1.33. The number of aliphatic hydroxyl groups is 1. The molecule has 100 valence electrons. The number of nitrogens with one attached hydrogen (secondary N) is 1. The van der Waals surface area contributed by atoms with Crippen molar-refractivity contribution in [2.75, 3.05) is 19.5 Å². The van der Waals surface area contributed by atoms with Crippen molar-refractivity contribution in [3.05, 3.63) is 22.7 Å². The van der Waals surface area contributed by atoms with Gasteiger partial charge >= 0.3 is 0 Å². The summed E-state index contributed by atoms with van der Waals surface area (Å²) in [5.74, 6) is -0.0454. The first-order valence-corrected chi connectivity index (χ1v) is 5.75. The van der Waals surface area contributed by atoms with E-state index in [1.54, 1.807) is 13.8 Å². The van der Waals surface area contributed by atoms with E-state index in [-0.39, 0.29) is 23.1 Å². The smallest absolute Gasteiger partial charge is 0.255 e. The number of benzene rings is 1. The number of nitrogen functional groups attached to an aromatic ring is 1. The topological polar surface area (TPSA) is 84.6 Å². The average Bonchev–Trinajstić information content (AvgIpc) is 2.31. The quantitative estimate of drug-likeness (QED) is 0.724. The first-order valence-electron chi connectivity index (χ1n) is 5.37. The molecule has 0 radical (unpaired) electrons. The lowest BCUT2D eigenvalue weighted by atomic mass is 10.1. The van der Waals surface area contributed by atoms with Crippen molar-refractivity contribution >= 4 is 23.2 Å². The zero-order valence-electron chi connectivity index (χ0n) is 10.6. The minimum absolute atomic E-state index is 0.177. The molecule has 1 aromatic rings. The summed E-state index contributed by atoms with van der Waals surface area (Å²) in [6.45, 7) is 3.23. The number of amides is 1. The lowest BCUT2D eigenvalue weighted by molar-refractivity contribution is 0.0866. The number of methoxy groups -OCH3 is 1. The molecule has 0 atom stereocenters. The third-order valence-electron chi connectivity index (χ3n) is 2.41. The van der Waals surface area contributed by atoms with Crippen LogP contribution in [-0.4, -0.2) is 30.3 Å². The van der Waals surface area contributed by atoms with E-state index in [0.717, 1.165) is 0 Å². The van der Waals surface area contributed by atoms with E-state index in [1.165, 1.54) is 19.2 Å². The van der Waals surface area contributed by atoms with Crippen LogP contribution in [0.15, 0.2) is 12.1 Å². The number of carbonyl (C=O) groups is 1. The van der Waals surface area contributed by atoms with Gasteiger partial charge in [0.2, 0.25) is 0 Å². The van der Waals surface area contributed by atoms with E-state index in [2.05, 4.69) is 5.32 Å². The molecule has 1 amide bonds. The third-order valence-corrected chi connectivity index (χ3v) is 2.74. The van der Waals surface area contributed by atoms with Crippen LogP contribution >= 0.6 is 11.6 Å². The Morgan fingerprint density at radius 3 is 2.67 bits per heavy atom. The Morgan fingerprint density at radius 1 is 1.56 bits per heavy atom. The number of hydrogen-bond acceptors (Lipinski definition) is 4. The standard InChI is InChI=1S/C12H17ClN2O3/c1-12(2,6-16)15-11(17)7-4-8(13)9(14)5-10(7)18-3/h4-5,16H,6,14H2,1-3H3,(H,15,17). The highest BCUT2D eigenvalue weighted by atomic mass is 35.5. The van der Waals surface area contributed by atoms with Crippen molar-refractivity contribution in [3.8, 4) is 5.75 Å². The number of anilines is 1. The number of carbonyl (C=O) groups excluding carboxylic acids is 1. The van der Waals surface area contributed by atoms with Gasteiger partial charge in [-0.15, -0.1) is 0 Å². The zero-order chi connectivity index (χ0) is 13.9. The molecule has 0 fully saturated rings. The minimum Gasteiger partial charge on any atom is -0.496 e. The van der Waals surface area contributed by atoms with Gasteiger partial charge in [0.15, 0.2) is 0 Å². The van der Waals surface area contributed by atoms with Gasteiger partial charge < -0.3 is 20.9 Å². The molecule has 0 aliphatic rings. The maximum Gasteiger partial charge on any atom is 0.255 e. The highest BCUT2D eigenvalue weighted by molar-refractivity contribution is 6.33. The van der Waals surface area contributed by atoms with Crippen LogP contribution in [0.4, 0.5) is 5.69 Å². The van der Waals surface area contributed by atoms with Crippen molar-refractivity contribution < 1.29 is 14.6 Å². The van der Waals surface area contributed by atoms with Crippen molar-refractivity contribution in [1.29, 1.82) is 0 Å². The molecule has 1 rings (SSSR count).